The van der Waals surface area contributed by atoms with Gasteiger partial charge in [0.2, 0.25) is 0 Å². The van der Waals surface area contributed by atoms with E-state index in [-0.39, 0.29) is 5.82 Å². The maximum Gasteiger partial charge on any atom is 0.126 e. The molecule has 2 aromatic carbocycles. The summed E-state index contributed by atoms with van der Waals surface area (Å²) in [4.78, 5) is 0. The van der Waals surface area contributed by atoms with Crippen molar-refractivity contribution in [2.24, 2.45) is 5.92 Å². The lowest BCUT2D eigenvalue weighted by Gasteiger charge is -2.35. The molecule has 0 radical (unpaired) electrons. The monoisotopic (exact) mass is 351 g/mol. The van der Waals surface area contributed by atoms with Crippen LogP contribution in [-0.2, 0) is 0 Å². The number of hydrogen-bond donors (Lipinski definition) is 1. The molecule has 1 heterocycles. The zero-order chi connectivity index (χ0) is 18.6. The Labute approximate surface area is 154 Å². The number of hydrogen-bond acceptors (Lipinski definition) is 1. The van der Waals surface area contributed by atoms with Gasteiger partial charge in [0, 0.05) is 16.8 Å². The second-order valence-corrected chi connectivity index (χ2v) is 8.09. The number of halogens is 1. The van der Waals surface area contributed by atoms with Gasteiger partial charge in [-0.05, 0) is 85.0 Å². The largest absolute Gasteiger partial charge is 0.508 e. The Kier molecular flexibility index (Phi) is 4.06. The number of rotatable bonds is 3. The van der Waals surface area contributed by atoms with E-state index in [1.54, 1.807) is 19.1 Å². The van der Waals surface area contributed by atoms with Gasteiger partial charge in [-0.25, -0.2) is 4.39 Å². The van der Waals surface area contributed by atoms with E-state index in [1.165, 1.54) is 24.1 Å². The average Bonchev–Trinajstić information content (AvgIpc) is 2.90. The molecule has 4 rings (SSSR count). The van der Waals surface area contributed by atoms with Gasteiger partial charge in [-0.3, -0.25) is 0 Å². The Morgan fingerprint density at radius 3 is 2.46 bits per heavy atom. The predicted molar refractivity (Wildman–Crippen MR) is 105 cm³/mol. The Hall–Kier alpha value is -2.29. The number of aromatic hydroxyl groups is 1. The summed E-state index contributed by atoms with van der Waals surface area (Å²) < 4.78 is 16.1. The Bertz CT molecular complexity index is 986. The van der Waals surface area contributed by atoms with Crippen LogP contribution < -0.4 is 0 Å². The van der Waals surface area contributed by atoms with Gasteiger partial charge < -0.3 is 9.67 Å². The number of phenols is 1. The lowest BCUT2D eigenvalue weighted by atomic mass is 9.69. The van der Waals surface area contributed by atoms with Crippen molar-refractivity contribution >= 4 is 10.9 Å². The van der Waals surface area contributed by atoms with Crippen molar-refractivity contribution in [1.29, 1.82) is 0 Å². The van der Waals surface area contributed by atoms with Gasteiger partial charge in [0.25, 0.3) is 0 Å². The Balaban J connectivity index is 2.08. The minimum absolute atomic E-state index is 0.179. The van der Waals surface area contributed by atoms with Crippen LogP contribution >= 0.6 is 0 Å². The van der Waals surface area contributed by atoms with E-state index in [4.69, 9.17) is 0 Å². The molecular formula is C23H26FNO. The van der Waals surface area contributed by atoms with Gasteiger partial charge >= 0.3 is 0 Å². The third kappa shape index (κ3) is 2.53. The van der Waals surface area contributed by atoms with Crippen LogP contribution in [-0.4, -0.2) is 9.67 Å². The normalized spacial score (nSPS) is 19.9. The topological polar surface area (TPSA) is 25.2 Å². The molecule has 0 aliphatic heterocycles. The maximum absolute atomic E-state index is 13.8. The molecular weight excluding hydrogens is 325 g/mol. The van der Waals surface area contributed by atoms with Crippen LogP contribution in [0.25, 0.3) is 16.6 Å². The fourth-order valence-corrected chi connectivity index (χ4v) is 4.42. The predicted octanol–water partition coefficient (Wildman–Crippen LogP) is 6.42. The smallest absolute Gasteiger partial charge is 0.126 e. The number of nitrogens with zero attached hydrogens (tertiary/aromatic N) is 1. The van der Waals surface area contributed by atoms with Crippen molar-refractivity contribution in [3.05, 3.63) is 59.0 Å². The van der Waals surface area contributed by atoms with Gasteiger partial charge in [0.05, 0.1) is 5.52 Å². The zero-order valence-corrected chi connectivity index (χ0v) is 15.9. The first-order valence-corrected chi connectivity index (χ1v) is 9.52. The van der Waals surface area contributed by atoms with E-state index >= 15 is 0 Å². The summed E-state index contributed by atoms with van der Waals surface area (Å²) in [6.07, 6.45) is 2.45. The first-order valence-electron chi connectivity index (χ1n) is 9.52. The summed E-state index contributed by atoms with van der Waals surface area (Å²) in [5, 5.41) is 11.3. The third-order valence-corrected chi connectivity index (χ3v) is 5.97. The molecule has 2 nitrogen and oxygen atoms in total. The highest BCUT2D eigenvalue weighted by atomic mass is 19.1. The SMILES string of the molecule is Cc1cc(-n2c(C(C)C)c(C3CCC3C)c3cc(O)ccc32)ccc1F. The number of benzene rings is 2. The summed E-state index contributed by atoms with van der Waals surface area (Å²) in [6.45, 7) is 8.55. The average molecular weight is 351 g/mol. The highest BCUT2D eigenvalue weighted by Crippen LogP contribution is 2.49. The molecule has 1 aromatic heterocycles. The van der Waals surface area contributed by atoms with Crippen LogP contribution in [0.3, 0.4) is 0 Å². The van der Waals surface area contributed by atoms with Gasteiger partial charge in [-0.1, -0.05) is 20.8 Å². The van der Waals surface area contributed by atoms with Crippen LogP contribution in [0.2, 0.25) is 0 Å². The van der Waals surface area contributed by atoms with E-state index in [1.807, 2.05) is 24.3 Å². The van der Waals surface area contributed by atoms with Crippen LogP contribution in [0.1, 0.15) is 62.3 Å². The van der Waals surface area contributed by atoms with E-state index in [2.05, 4.69) is 25.3 Å². The van der Waals surface area contributed by atoms with Crippen molar-refractivity contribution < 1.29 is 9.50 Å². The van der Waals surface area contributed by atoms with Gasteiger partial charge in [-0.15, -0.1) is 0 Å². The molecule has 2 atom stereocenters. The molecule has 1 aliphatic carbocycles. The molecule has 1 aliphatic rings. The number of aromatic nitrogens is 1. The molecule has 1 saturated carbocycles. The molecule has 1 fully saturated rings. The fraction of sp³-hybridized carbons (Fsp3) is 0.391. The Morgan fingerprint density at radius 1 is 1.12 bits per heavy atom. The minimum atomic E-state index is -0.179. The molecule has 0 bridgehead atoms. The quantitative estimate of drug-likeness (QED) is 0.578. The summed E-state index contributed by atoms with van der Waals surface area (Å²) in [6, 6.07) is 11.0. The van der Waals surface area contributed by atoms with E-state index < -0.39 is 0 Å². The molecule has 3 aromatic rings. The van der Waals surface area contributed by atoms with Crippen molar-refractivity contribution in [3.63, 3.8) is 0 Å². The lowest BCUT2D eigenvalue weighted by molar-refractivity contribution is 0.280. The summed E-state index contributed by atoms with van der Waals surface area (Å²) in [5.41, 5.74) is 5.38. The van der Waals surface area contributed by atoms with Crippen molar-refractivity contribution in [3.8, 4) is 11.4 Å². The van der Waals surface area contributed by atoms with Crippen LogP contribution in [0.5, 0.6) is 5.75 Å². The second kappa shape index (κ2) is 6.15. The van der Waals surface area contributed by atoms with Gasteiger partial charge in [-0.2, -0.15) is 0 Å². The number of fused-ring (bicyclic) bond motifs is 1. The highest BCUT2D eigenvalue weighted by molar-refractivity contribution is 5.89. The molecule has 0 spiro atoms. The number of phenolic OH excluding ortho intramolecular Hbond substituents is 1. The second-order valence-electron chi connectivity index (χ2n) is 8.09. The third-order valence-electron chi connectivity index (χ3n) is 5.97. The molecule has 2 unspecified atom stereocenters. The van der Waals surface area contributed by atoms with Gasteiger partial charge in [0.1, 0.15) is 11.6 Å². The van der Waals surface area contributed by atoms with Gasteiger partial charge in [0.15, 0.2) is 0 Å². The standard InChI is InChI=1S/C23H26FNO/c1-13(2)23-22(18-8-5-14(18)3)19-12-17(26)7-10-21(19)25(23)16-6-9-20(24)15(4)11-16/h6-7,9-14,18,26H,5,8H2,1-4H3. The highest BCUT2D eigenvalue weighted by Gasteiger charge is 2.34. The van der Waals surface area contributed by atoms with Crippen molar-refractivity contribution in [1.82, 2.24) is 4.57 Å². The molecule has 136 valence electrons. The number of aryl methyl sites for hydroxylation is 1. The summed E-state index contributed by atoms with van der Waals surface area (Å²) in [7, 11) is 0. The molecule has 0 saturated heterocycles. The van der Waals surface area contributed by atoms with E-state index in [0.29, 0.717) is 29.1 Å². The van der Waals surface area contributed by atoms with Crippen LogP contribution in [0.15, 0.2) is 36.4 Å². The molecule has 1 N–H and O–H groups in total. The summed E-state index contributed by atoms with van der Waals surface area (Å²) in [5.74, 6) is 1.64. The molecule has 26 heavy (non-hydrogen) atoms. The maximum atomic E-state index is 13.8. The van der Waals surface area contributed by atoms with Crippen LogP contribution in [0.4, 0.5) is 4.39 Å². The zero-order valence-electron chi connectivity index (χ0n) is 15.9. The Morgan fingerprint density at radius 2 is 1.88 bits per heavy atom. The molecule has 3 heteroatoms. The fourth-order valence-electron chi connectivity index (χ4n) is 4.42. The van der Waals surface area contributed by atoms with E-state index in [0.717, 1.165) is 16.6 Å². The van der Waals surface area contributed by atoms with E-state index in [9.17, 15) is 9.50 Å². The first kappa shape index (κ1) is 17.1. The first-order chi connectivity index (χ1) is 12.4. The van der Waals surface area contributed by atoms with Crippen molar-refractivity contribution in [2.45, 2.75) is 52.4 Å². The minimum Gasteiger partial charge on any atom is -0.508 e. The lowest BCUT2D eigenvalue weighted by Crippen LogP contribution is -2.22. The van der Waals surface area contributed by atoms with Crippen LogP contribution in [0, 0.1) is 18.7 Å². The summed E-state index contributed by atoms with van der Waals surface area (Å²) >= 11 is 0. The molecule has 0 amide bonds. The van der Waals surface area contributed by atoms with Crippen molar-refractivity contribution in [2.75, 3.05) is 0 Å².